The van der Waals surface area contributed by atoms with Crippen LogP contribution < -0.4 is 5.73 Å². The van der Waals surface area contributed by atoms with Crippen molar-refractivity contribution in [3.63, 3.8) is 0 Å². The molecule has 0 aromatic carbocycles. The molecule has 0 aliphatic heterocycles. The highest BCUT2D eigenvalue weighted by Gasteiger charge is 2.41. The maximum absolute atomic E-state index is 12.1. The molecule has 21 heavy (non-hydrogen) atoms. The number of carbonyl (C=O) groups is 3. The Bertz CT molecular complexity index is 393. The van der Waals surface area contributed by atoms with Crippen LogP contribution in [0.3, 0.4) is 0 Å². The van der Waals surface area contributed by atoms with Crippen molar-refractivity contribution in [3.8, 4) is 0 Å². The lowest BCUT2D eigenvalue weighted by Gasteiger charge is -2.48. The van der Waals surface area contributed by atoms with Crippen LogP contribution in [-0.2, 0) is 14.3 Å². The highest BCUT2D eigenvalue weighted by molar-refractivity contribution is 5.87. The van der Waals surface area contributed by atoms with E-state index in [1.807, 2.05) is 46.4 Å². The standard InChI is InChI=1S/C14H26N2O5/c1-13(2,3)16(14(4,5)6)9(7-8-10(17)18)11(19)21-12(15)20/h9H,7-8H2,1-6H3,(H2,15,20)(H,17,18)/t9-/m0/s1. The van der Waals surface area contributed by atoms with E-state index in [9.17, 15) is 14.4 Å². The Morgan fingerprint density at radius 2 is 1.52 bits per heavy atom. The van der Waals surface area contributed by atoms with Gasteiger partial charge in [0.25, 0.3) is 0 Å². The molecule has 3 N–H and O–H groups in total. The van der Waals surface area contributed by atoms with Gasteiger partial charge in [-0.15, -0.1) is 0 Å². The van der Waals surface area contributed by atoms with Gasteiger partial charge >= 0.3 is 18.0 Å². The third kappa shape index (κ3) is 6.57. The summed E-state index contributed by atoms with van der Waals surface area (Å²) in [5.41, 5.74) is 4.02. The van der Waals surface area contributed by atoms with E-state index in [1.165, 1.54) is 0 Å². The molecule has 0 saturated heterocycles. The van der Waals surface area contributed by atoms with E-state index < -0.39 is 35.2 Å². The monoisotopic (exact) mass is 302 g/mol. The maximum Gasteiger partial charge on any atom is 0.412 e. The van der Waals surface area contributed by atoms with Crippen molar-refractivity contribution in [2.24, 2.45) is 5.73 Å². The first-order valence-electron chi connectivity index (χ1n) is 6.79. The number of ether oxygens (including phenoxy) is 1. The van der Waals surface area contributed by atoms with E-state index in [0.29, 0.717) is 0 Å². The van der Waals surface area contributed by atoms with Crippen LogP contribution in [0.25, 0.3) is 0 Å². The lowest BCUT2D eigenvalue weighted by Crippen LogP contribution is -2.60. The largest absolute Gasteiger partial charge is 0.481 e. The van der Waals surface area contributed by atoms with Crippen molar-refractivity contribution < 1.29 is 24.2 Å². The normalized spacial score (nSPS) is 13.9. The Hall–Kier alpha value is -1.63. The van der Waals surface area contributed by atoms with Crippen LogP contribution in [0.15, 0.2) is 0 Å². The van der Waals surface area contributed by atoms with Crippen LogP contribution in [0.2, 0.25) is 0 Å². The SMILES string of the molecule is CC(C)(C)N([C@@H](CCC(=O)O)C(=O)OC(N)=O)C(C)(C)C. The number of hydrogen-bond acceptors (Lipinski definition) is 5. The van der Waals surface area contributed by atoms with E-state index in [2.05, 4.69) is 4.74 Å². The third-order valence-electron chi connectivity index (χ3n) is 2.86. The van der Waals surface area contributed by atoms with E-state index in [1.54, 1.807) is 0 Å². The number of hydrogen-bond donors (Lipinski definition) is 2. The van der Waals surface area contributed by atoms with Crippen molar-refractivity contribution in [1.29, 1.82) is 0 Å². The first-order valence-corrected chi connectivity index (χ1v) is 6.79. The molecule has 122 valence electrons. The number of primary amides is 1. The van der Waals surface area contributed by atoms with Crippen molar-refractivity contribution in [2.75, 3.05) is 0 Å². The zero-order valence-corrected chi connectivity index (χ0v) is 13.6. The van der Waals surface area contributed by atoms with Gasteiger partial charge in [-0.2, -0.15) is 0 Å². The van der Waals surface area contributed by atoms with Crippen molar-refractivity contribution >= 4 is 18.0 Å². The molecule has 0 aliphatic rings. The first kappa shape index (κ1) is 19.4. The number of nitrogens with zero attached hydrogens (tertiary/aromatic N) is 1. The van der Waals surface area contributed by atoms with Crippen LogP contribution in [0.1, 0.15) is 54.4 Å². The Morgan fingerprint density at radius 3 is 1.81 bits per heavy atom. The fourth-order valence-corrected chi connectivity index (χ4v) is 2.72. The molecule has 0 heterocycles. The number of nitrogens with two attached hydrogens (primary N) is 1. The summed E-state index contributed by atoms with van der Waals surface area (Å²) >= 11 is 0. The lowest BCUT2D eigenvalue weighted by atomic mass is 9.91. The fraction of sp³-hybridized carbons (Fsp3) is 0.786. The molecule has 0 saturated carbocycles. The third-order valence-corrected chi connectivity index (χ3v) is 2.86. The van der Waals surface area contributed by atoms with Crippen molar-refractivity contribution in [2.45, 2.75) is 71.5 Å². The molecule has 1 amide bonds. The second kappa shape index (κ2) is 6.89. The highest BCUT2D eigenvalue weighted by Crippen LogP contribution is 2.30. The van der Waals surface area contributed by atoms with Gasteiger partial charge in [-0.1, -0.05) is 0 Å². The van der Waals surface area contributed by atoms with E-state index in [0.717, 1.165) is 0 Å². The van der Waals surface area contributed by atoms with Gasteiger partial charge in [-0.25, -0.2) is 9.59 Å². The number of carboxylic acid groups (broad SMARTS) is 1. The minimum absolute atomic E-state index is 0.0377. The van der Waals surface area contributed by atoms with Crippen LogP contribution in [-0.4, -0.2) is 45.2 Å². The van der Waals surface area contributed by atoms with Gasteiger partial charge in [0.2, 0.25) is 0 Å². The van der Waals surface area contributed by atoms with Gasteiger partial charge in [0.05, 0.1) is 0 Å². The first-order chi connectivity index (χ1) is 9.26. The van der Waals surface area contributed by atoms with Crippen LogP contribution in [0.4, 0.5) is 4.79 Å². The summed E-state index contributed by atoms with van der Waals surface area (Å²) < 4.78 is 4.48. The topological polar surface area (TPSA) is 110 Å². The number of rotatable bonds is 5. The van der Waals surface area contributed by atoms with Crippen LogP contribution >= 0.6 is 0 Å². The molecule has 7 nitrogen and oxygen atoms in total. The smallest absolute Gasteiger partial charge is 0.412 e. The average molecular weight is 302 g/mol. The number of amides is 1. The van der Waals surface area contributed by atoms with Crippen LogP contribution in [0.5, 0.6) is 0 Å². The van der Waals surface area contributed by atoms with Gasteiger partial charge in [0, 0.05) is 17.5 Å². The van der Waals surface area contributed by atoms with E-state index >= 15 is 0 Å². The van der Waals surface area contributed by atoms with Gasteiger partial charge in [-0.3, -0.25) is 9.69 Å². The molecule has 0 aromatic heterocycles. The quantitative estimate of drug-likeness (QED) is 0.591. The van der Waals surface area contributed by atoms with E-state index in [-0.39, 0.29) is 12.8 Å². The molecule has 0 bridgehead atoms. The summed E-state index contributed by atoms with van der Waals surface area (Å²) in [7, 11) is 0. The number of carboxylic acids is 1. The Labute approximate surface area is 125 Å². The molecule has 1 atom stereocenters. The minimum Gasteiger partial charge on any atom is -0.481 e. The molecule has 0 aromatic rings. The summed E-state index contributed by atoms with van der Waals surface area (Å²) in [5.74, 6) is -1.84. The van der Waals surface area contributed by atoms with Crippen molar-refractivity contribution in [1.82, 2.24) is 4.90 Å². The Morgan fingerprint density at radius 1 is 1.10 bits per heavy atom. The number of esters is 1. The average Bonchev–Trinajstić information content (AvgIpc) is 2.18. The number of carbonyl (C=O) groups excluding carboxylic acids is 2. The molecule has 0 fully saturated rings. The second-order valence-corrected chi connectivity index (χ2v) is 6.90. The summed E-state index contributed by atoms with van der Waals surface area (Å²) in [4.78, 5) is 35.6. The predicted molar refractivity (Wildman–Crippen MR) is 77.7 cm³/mol. The van der Waals surface area contributed by atoms with Crippen molar-refractivity contribution in [3.05, 3.63) is 0 Å². The molecule has 0 unspecified atom stereocenters. The maximum atomic E-state index is 12.1. The summed E-state index contributed by atoms with van der Waals surface area (Å²) in [6.45, 7) is 11.4. The second-order valence-electron chi connectivity index (χ2n) is 6.90. The fourth-order valence-electron chi connectivity index (χ4n) is 2.72. The zero-order valence-electron chi connectivity index (χ0n) is 13.6. The molecule has 0 rings (SSSR count). The highest BCUT2D eigenvalue weighted by atomic mass is 16.6. The molecular formula is C14H26N2O5. The molecular weight excluding hydrogens is 276 g/mol. The molecule has 0 spiro atoms. The van der Waals surface area contributed by atoms with Gasteiger partial charge in [0.1, 0.15) is 6.04 Å². The summed E-state index contributed by atoms with van der Waals surface area (Å²) in [6, 6.07) is -0.867. The predicted octanol–water partition coefficient (Wildman–Crippen LogP) is 1.74. The minimum atomic E-state index is -1.19. The van der Waals surface area contributed by atoms with Gasteiger partial charge in [0.15, 0.2) is 0 Å². The number of aliphatic carboxylic acids is 1. The van der Waals surface area contributed by atoms with Gasteiger partial charge < -0.3 is 15.6 Å². The Kier molecular flexibility index (Phi) is 6.35. The summed E-state index contributed by atoms with van der Waals surface area (Å²) in [5, 5.41) is 8.85. The van der Waals surface area contributed by atoms with Gasteiger partial charge in [-0.05, 0) is 48.0 Å². The molecule has 0 aliphatic carbocycles. The molecule has 7 heteroatoms. The van der Waals surface area contributed by atoms with Crippen LogP contribution in [0, 0.1) is 0 Å². The lowest BCUT2D eigenvalue weighted by molar-refractivity contribution is -0.151. The van der Waals surface area contributed by atoms with E-state index in [4.69, 9.17) is 10.8 Å². The Balaban J connectivity index is 5.54. The molecule has 0 radical (unpaired) electrons. The zero-order chi connectivity index (χ0) is 17.0. The summed E-state index contributed by atoms with van der Waals surface area (Å²) in [6.07, 6.45) is -1.36.